The van der Waals surface area contributed by atoms with Crippen molar-refractivity contribution in [2.75, 3.05) is 13.2 Å². The van der Waals surface area contributed by atoms with E-state index in [2.05, 4.69) is 58.5 Å². The molecule has 0 atom stereocenters. The molecular weight excluding hydrogens is 232 g/mol. The Kier molecular flexibility index (Phi) is 16.0. The van der Waals surface area contributed by atoms with Gasteiger partial charge in [0.15, 0.2) is 0 Å². The molecule has 0 spiro atoms. The van der Waals surface area contributed by atoms with Crippen LogP contribution in [-0.4, -0.2) is 13.2 Å². The fourth-order valence-corrected chi connectivity index (χ4v) is 1.03. The Morgan fingerprint density at radius 2 is 1.16 bits per heavy atom. The summed E-state index contributed by atoms with van der Waals surface area (Å²) < 4.78 is 5.13. The molecule has 0 aliphatic heterocycles. The van der Waals surface area contributed by atoms with E-state index in [1.54, 1.807) is 0 Å². The number of hydrogen-bond acceptors (Lipinski definition) is 1. The van der Waals surface area contributed by atoms with Crippen molar-refractivity contribution in [1.29, 1.82) is 0 Å². The van der Waals surface area contributed by atoms with Gasteiger partial charge < -0.3 is 4.74 Å². The smallest absolute Gasteiger partial charge is 0.0463 e. The van der Waals surface area contributed by atoms with Gasteiger partial charge in [0, 0.05) is 13.2 Å². The van der Waals surface area contributed by atoms with Gasteiger partial charge in [-0.15, -0.1) is 6.58 Å². The van der Waals surface area contributed by atoms with E-state index in [1.165, 1.54) is 16.7 Å². The average molecular weight is 264 g/mol. The zero-order valence-corrected chi connectivity index (χ0v) is 13.8. The molecule has 0 amide bonds. The minimum atomic E-state index is 0.924. The van der Waals surface area contributed by atoms with Gasteiger partial charge in [0.2, 0.25) is 0 Å². The van der Waals surface area contributed by atoms with Gasteiger partial charge in [0.1, 0.15) is 0 Å². The second kappa shape index (κ2) is 15.0. The zero-order valence-electron chi connectivity index (χ0n) is 13.8. The summed E-state index contributed by atoms with van der Waals surface area (Å²) in [5.41, 5.74) is 3.83. The molecule has 1 nitrogen and oxygen atoms in total. The molecule has 0 saturated carbocycles. The molecule has 0 bridgehead atoms. The fourth-order valence-electron chi connectivity index (χ4n) is 1.03. The number of hydrogen-bond donors (Lipinski definition) is 0. The van der Waals surface area contributed by atoms with E-state index in [0.29, 0.717) is 0 Å². The van der Waals surface area contributed by atoms with Gasteiger partial charge >= 0.3 is 0 Å². The van der Waals surface area contributed by atoms with E-state index in [0.717, 1.165) is 26.1 Å². The van der Waals surface area contributed by atoms with Crippen molar-refractivity contribution in [3.8, 4) is 0 Å². The normalized spacial score (nSPS) is 8.74. The summed E-state index contributed by atoms with van der Waals surface area (Å²) >= 11 is 0. The quantitative estimate of drug-likeness (QED) is 0.500. The summed E-state index contributed by atoms with van der Waals surface area (Å²) in [6, 6.07) is 8.48. The fraction of sp³-hybridized carbons (Fsp3) is 0.556. The summed E-state index contributed by atoms with van der Waals surface area (Å²) in [4.78, 5) is 0. The molecule has 19 heavy (non-hydrogen) atoms. The second-order valence-electron chi connectivity index (χ2n) is 4.97. The average Bonchev–Trinajstić information content (AvgIpc) is 2.34. The summed E-state index contributed by atoms with van der Waals surface area (Å²) in [6.45, 7) is 17.8. The van der Waals surface area contributed by atoms with Crippen LogP contribution in [0.15, 0.2) is 36.4 Å². The van der Waals surface area contributed by atoms with Gasteiger partial charge in [-0.25, -0.2) is 0 Å². The predicted molar refractivity (Wildman–Crippen MR) is 87.8 cm³/mol. The van der Waals surface area contributed by atoms with Gasteiger partial charge in [-0.1, -0.05) is 54.8 Å². The van der Waals surface area contributed by atoms with Crippen LogP contribution in [0.3, 0.4) is 0 Å². The SMILES string of the molecule is C=C(C)C.CCCOCCC.Cc1ccc(C)cc1. The Balaban J connectivity index is 0. The number of ether oxygens (including phenoxy) is 1. The van der Waals surface area contributed by atoms with Gasteiger partial charge in [0.05, 0.1) is 0 Å². The third-order valence-corrected chi connectivity index (χ3v) is 1.92. The number of allylic oxidation sites excluding steroid dienone is 1. The lowest BCUT2D eigenvalue weighted by Gasteiger charge is -1.95. The van der Waals surface area contributed by atoms with Crippen LogP contribution in [0.4, 0.5) is 0 Å². The van der Waals surface area contributed by atoms with Crippen molar-refractivity contribution >= 4 is 0 Å². The molecule has 0 aliphatic rings. The monoisotopic (exact) mass is 264 g/mol. The predicted octanol–water partition coefficient (Wildman–Crippen LogP) is 5.71. The molecule has 1 aromatic rings. The van der Waals surface area contributed by atoms with Crippen LogP contribution in [0.5, 0.6) is 0 Å². The van der Waals surface area contributed by atoms with Crippen LogP contribution in [0.25, 0.3) is 0 Å². The molecule has 0 heterocycles. The molecule has 0 radical (unpaired) electrons. The first kappa shape index (κ1) is 20.2. The Hall–Kier alpha value is -1.08. The highest BCUT2D eigenvalue weighted by atomic mass is 16.5. The van der Waals surface area contributed by atoms with Crippen LogP contribution < -0.4 is 0 Å². The summed E-state index contributed by atoms with van der Waals surface area (Å²) in [7, 11) is 0. The third kappa shape index (κ3) is 22.6. The van der Waals surface area contributed by atoms with E-state index < -0.39 is 0 Å². The van der Waals surface area contributed by atoms with Crippen LogP contribution in [0.2, 0.25) is 0 Å². The standard InChI is InChI=1S/C8H10.C6H14O.C4H8/c1-7-3-5-8(2)6-4-7;1-3-5-7-6-4-2;1-4(2)3/h3-6H,1-2H3;3-6H2,1-2H3;1H2,2-3H3. The lowest BCUT2D eigenvalue weighted by atomic mass is 10.2. The lowest BCUT2D eigenvalue weighted by Crippen LogP contribution is -1.92. The molecule has 1 rings (SSSR count). The van der Waals surface area contributed by atoms with Crippen molar-refractivity contribution < 1.29 is 4.74 Å². The van der Waals surface area contributed by atoms with Crippen molar-refractivity contribution in [3.05, 3.63) is 47.5 Å². The molecule has 0 unspecified atom stereocenters. The highest BCUT2D eigenvalue weighted by molar-refractivity contribution is 5.19. The largest absolute Gasteiger partial charge is 0.381 e. The van der Waals surface area contributed by atoms with E-state index >= 15 is 0 Å². The molecular formula is C18H32O. The molecule has 1 aromatic carbocycles. The van der Waals surface area contributed by atoms with Gasteiger partial charge in [-0.05, 0) is 40.5 Å². The van der Waals surface area contributed by atoms with Crippen LogP contribution in [0.1, 0.15) is 51.7 Å². The maximum absolute atomic E-state index is 5.13. The first-order valence-electron chi connectivity index (χ1n) is 7.17. The maximum atomic E-state index is 5.13. The molecule has 0 N–H and O–H groups in total. The molecule has 0 saturated heterocycles. The van der Waals surface area contributed by atoms with Crippen LogP contribution in [0, 0.1) is 13.8 Å². The molecule has 0 fully saturated rings. The number of aryl methyl sites for hydroxylation is 2. The van der Waals surface area contributed by atoms with Crippen molar-refractivity contribution in [1.82, 2.24) is 0 Å². The maximum Gasteiger partial charge on any atom is 0.0463 e. The Bertz CT molecular complexity index is 269. The minimum Gasteiger partial charge on any atom is -0.381 e. The van der Waals surface area contributed by atoms with E-state index in [4.69, 9.17) is 4.74 Å². The Morgan fingerprint density at radius 3 is 1.37 bits per heavy atom. The third-order valence-electron chi connectivity index (χ3n) is 1.92. The molecule has 0 aliphatic carbocycles. The molecule has 110 valence electrons. The highest BCUT2D eigenvalue weighted by Gasteiger charge is 1.80. The Morgan fingerprint density at radius 1 is 0.895 bits per heavy atom. The highest BCUT2D eigenvalue weighted by Crippen LogP contribution is 1.99. The van der Waals surface area contributed by atoms with Gasteiger partial charge in [-0.3, -0.25) is 0 Å². The molecule has 0 aromatic heterocycles. The first-order chi connectivity index (χ1) is 8.93. The topological polar surface area (TPSA) is 9.23 Å². The number of rotatable bonds is 4. The summed E-state index contributed by atoms with van der Waals surface area (Å²) in [5, 5.41) is 0. The van der Waals surface area contributed by atoms with Crippen molar-refractivity contribution in [2.24, 2.45) is 0 Å². The van der Waals surface area contributed by atoms with Gasteiger partial charge in [-0.2, -0.15) is 0 Å². The minimum absolute atomic E-state index is 0.924. The van der Waals surface area contributed by atoms with Crippen molar-refractivity contribution in [2.45, 2.75) is 54.4 Å². The lowest BCUT2D eigenvalue weighted by molar-refractivity contribution is 0.135. The first-order valence-corrected chi connectivity index (χ1v) is 7.17. The van der Waals surface area contributed by atoms with E-state index in [9.17, 15) is 0 Å². The second-order valence-corrected chi connectivity index (χ2v) is 4.97. The van der Waals surface area contributed by atoms with E-state index in [1.807, 2.05) is 13.8 Å². The Labute approximate surface area is 120 Å². The summed E-state index contributed by atoms with van der Waals surface area (Å²) in [6.07, 6.45) is 2.28. The van der Waals surface area contributed by atoms with Crippen molar-refractivity contribution in [3.63, 3.8) is 0 Å². The van der Waals surface area contributed by atoms with Crippen LogP contribution >= 0.6 is 0 Å². The van der Waals surface area contributed by atoms with E-state index in [-0.39, 0.29) is 0 Å². The molecule has 1 heteroatoms. The van der Waals surface area contributed by atoms with Crippen LogP contribution in [-0.2, 0) is 4.74 Å². The van der Waals surface area contributed by atoms with Gasteiger partial charge in [0.25, 0.3) is 0 Å². The zero-order chi connectivity index (χ0) is 15.1. The summed E-state index contributed by atoms with van der Waals surface area (Å²) in [5.74, 6) is 0. The number of benzene rings is 1.